The fraction of sp³-hybridized carbons (Fsp3) is 0.292. The number of benzene rings is 1. The number of hydrogen-bond acceptors (Lipinski definition) is 6. The molecule has 0 aliphatic carbocycles. The topological polar surface area (TPSA) is 108 Å². The van der Waals surface area contributed by atoms with Gasteiger partial charge in [0.25, 0.3) is 5.91 Å². The lowest BCUT2D eigenvalue weighted by Crippen LogP contribution is -2.27. The van der Waals surface area contributed by atoms with Crippen molar-refractivity contribution in [3.05, 3.63) is 65.9 Å². The molecule has 8 nitrogen and oxygen atoms in total. The van der Waals surface area contributed by atoms with E-state index in [0.29, 0.717) is 30.9 Å². The Balaban J connectivity index is 1.90. The number of nitrogens with zero attached hydrogens (tertiary/aromatic N) is 4. The van der Waals surface area contributed by atoms with Crippen molar-refractivity contribution in [1.82, 2.24) is 25.2 Å². The van der Waals surface area contributed by atoms with Crippen molar-refractivity contribution < 1.29 is 14.7 Å². The number of carbonyl (C=O) groups is 2. The van der Waals surface area contributed by atoms with Crippen LogP contribution >= 0.6 is 0 Å². The van der Waals surface area contributed by atoms with Crippen LogP contribution in [0.1, 0.15) is 47.9 Å². The van der Waals surface area contributed by atoms with Crippen molar-refractivity contribution in [2.45, 2.75) is 32.9 Å². The first kappa shape index (κ1) is 21.6. The van der Waals surface area contributed by atoms with Gasteiger partial charge in [0.2, 0.25) is 5.91 Å². The molecule has 164 valence electrons. The SMILES string of the molecule is CCNC(=O)c1cc2c(c(-c3cccc(-c4cncnc4)c3)n1)[C@H](CCO)N(C(C)=O)C2. The fourth-order valence-corrected chi connectivity index (χ4v) is 4.19. The van der Waals surface area contributed by atoms with Crippen LogP contribution in [0.5, 0.6) is 0 Å². The molecule has 0 saturated heterocycles. The monoisotopic (exact) mass is 431 g/mol. The molecule has 0 bridgehead atoms. The van der Waals surface area contributed by atoms with Crippen molar-refractivity contribution in [2.75, 3.05) is 13.2 Å². The van der Waals surface area contributed by atoms with Gasteiger partial charge in [-0.1, -0.05) is 18.2 Å². The van der Waals surface area contributed by atoms with E-state index < -0.39 is 0 Å². The van der Waals surface area contributed by atoms with Crippen molar-refractivity contribution in [2.24, 2.45) is 0 Å². The van der Waals surface area contributed by atoms with E-state index in [0.717, 1.165) is 27.8 Å². The number of rotatable bonds is 6. The lowest BCUT2D eigenvalue weighted by Gasteiger charge is -2.24. The molecule has 1 atom stereocenters. The second-order valence-corrected chi connectivity index (χ2v) is 7.67. The number of pyridine rings is 1. The zero-order valence-corrected chi connectivity index (χ0v) is 18.1. The van der Waals surface area contributed by atoms with Gasteiger partial charge in [-0.2, -0.15) is 0 Å². The van der Waals surface area contributed by atoms with E-state index in [4.69, 9.17) is 4.98 Å². The lowest BCUT2D eigenvalue weighted by molar-refractivity contribution is -0.131. The first-order chi connectivity index (χ1) is 15.5. The Kier molecular flexibility index (Phi) is 6.23. The molecule has 2 aromatic heterocycles. The Labute approximate surface area is 186 Å². The standard InChI is InChI=1S/C24H25N5O3/c1-3-27-24(32)20-10-18-13-29(15(2)31)21(7-8-30)22(18)23(28-20)17-6-4-5-16(9-17)19-11-25-14-26-12-19/h4-6,9-12,14,21,30H,3,7-8,13H2,1-2H3,(H,27,32)/t21-/m0/s1. The van der Waals surface area contributed by atoms with Crippen molar-refractivity contribution in [1.29, 1.82) is 0 Å². The summed E-state index contributed by atoms with van der Waals surface area (Å²) in [5.41, 5.74) is 5.31. The van der Waals surface area contributed by atoms with Gasteiger partial charge in [-0.15, -0.1) is 0 Å². The molecule has 32 heavy (non-hydrogen) atoms. The zero-order valence-electron chi connectivity index (χ0n) is 18.1. The molecule has 2 N–H and O–H groups in total. The molecule has 0 fully saturated rings. The van der Waals surface area contributed by atoms with Crippen LogP contribution in [0.4, 0.5) is 0 Å². The van der Waals surface area contributed by atoms with Gasteiger partial charge < -0.3 is 15.3 Å². The van der Waals surface area contributed by atoms with Gasteiger partial charge in [0.15, 0.2) is 0 Å². The molecule has 0 radical (unpaired) electrons. The molecule has 1 aromatic carbocycles. The maximum Gasteiger partial charge on any atom is 0.269 e. The molecule has 1 aliphatic heterocycles. The highest BCUT2D eigenvalue weighted by atomic mass is 16.3. The van der Waals surface area contributed by atoms with Crippen LogP contribution in [-0.2, 0) is 11.3 Å². The Morgan fingerprint density at radius 2 is 1.91 bits per heavy atom. The Morgan fingerprint density at radius 1 is 1.16 bits per heavy atom. The highest BCUT2D eigenvalue weighted by molar-refractivity contribution is 5.93. The van der Waals surface area contributed by atoms with Gasteiger partial charge in [-0.25, -0.2) is 15.0 Å². The largest absolute Gasteiger partial charge is 0.396 e. The third kappa shape index (κ3) is 4.09. The summed E-state index contributed by atoms with van der Waals surface area (Å²) in [5.74, 6) is -0.343. The first-order valence-electron chi connectivity index (χ1n) is 10.6. The normalized spacial score (nSPS) is 14.8. The van der Waals surface area contributed by atoms with Gasteiger partial charge in [0.05, 0.1) is 11.7 Å². The number of hydrogen-bond donors (Lipinski definition) is 2. The van der Waals surface area contributed by atoms with E-state index in [1.54, 1.807) is 23.4 Å². The average molecular weight is 431 g/mol. The Bertz CT molecular complexity index is 1150. The van der Waals surface area contributed by atoms with Crippen molar-refractivity contribution >= 4 is 11.8 Å². The van der Waals surface area contributed by atoms with Crippen LogP contribution in [0.2, 0.25) is 0 Å². The zero-order chi connectivity index (χ0) is 22.7. The predicted molar refractivity (Wildman–Crippen MR) is 119 cm³/mol. The van der Waals surface area contributed by atoms with Crippen LogP contribution in [-0.4, -0.2) is 49.9 Å². The summed E-state index contributed by atoms with van der Waals surface area (Å²) in [6.45, 7) is 4.18. The van der Waals surface area contributed by atoms with Gasteiger partial charge in [0.1, 0.15) is 12.0 Å². The quantitative estimate of drug-likeness (QED) is 0.621. The molecule has 0 unspecified atom stereocenters. The fourth-order valence-electron chi connectivity index (χ4n) is 4.19. The van der Waals surface area contributed by atoms with Crippen LogP contribution in [0.3, 0.4) is 0 Å². The number of carbonyl (C=O) groups excluding carboxylic acids is 2. The third-order valence-corrected chi connectivity index (χ3v) is 5.60. The number of aliphatic hydroxyl groups is 1. The minimum Gasteiger partial charge on any atom is -0.396 e. The lowest BCUT2D eigenvalue weighted by atomic mass is 9.94. The first-order valence-corrected chi connectivity index (χ1v) is 10.6. The van der Waals surface area contributed by atoms with Gasteiger partial charge in [-0.3, -0.25) is 9.59 Å². The number of aliphatic hydroxyl groups excluding tert-OH is 1. The van der Waals surface area contributed by atoms with E-state index in [2.05, 4.69) is 15.3 Å². The summed E-state index contributed by atoms with van der Waals surface area (Å²) in [6.07, 6.45) is 5.35. The highest BCUT2D eigenvalue weighted by Crippen LogP contribution is 2.42. The molecule has 0 spiro atoms. The van der Waals surface area contributed by atoms with Gasteiger partial charge in [0, 0.05) is 55.7 Å². The molecule has 1 aliphatic rings. The predicted octanol–water partition coefficient (Wildman–Crippen LogP) is 2.74. The highest BCUT2D eigenvalue weighted by Gasteiger charge is 2.35. The van der Waals surface area contributed by atoms with Gasteiger partial charge in [-0.05, 0) is 36.6 Å². The number of fused-ring (bicyclic) bond motifs is 1. The summed E-state index contributed by atoms with van der Waals surface area (Å²) < 4.78 is 0. The van der Waals surface area contributed by atoms with Crippen LogP contribution in [0, 0.1) is 0 Å². The summed E-state index contributed by atoms with van der Waals surface area (Å²) in [7, 11) is 0. The summed E-state index contributed by atoms with van der Waals surface area (Å²) >= 11 is 0. The smallest absolute Gasteiger partial charge is 0.269 e. The minimum atomic E-state index is -0.304. The second kappa shape index (κ2) is 9.23. The summed E-state index contributed by atoms with van der Waals surface area (Å²) in [5, 5.41) is 12.5. The van der Waals surface area contributed by atoms with Gasteiger partial charge >= 0.3 is 0 Å². The number of aromatic nitrogens is 3. The van der Waals surface area contributed by atoms with E-state index >= 15 is 0 Å². The number of amides is 2. The molecular formula is C24H25N5O3. The molecular weight excluding hydrogens is 406 g/mol. The minimum absolute atomic E-state index is 0.0627. The van der Waals surface area contributed by atoms with Crippen LogP contribution in [0.25, 0.3) is 22.4 Å². The molecule has 8 heteroatoms. The van der Waals surface area contributed by atoms with E-state index in [9.17, 15) is 14.7 Å². The van der Waals surface area contributed by atoms with E-state index in [1.807, 2.05) is 31.2 Å². The van der Waals surface area contributed by atoms with Crippen LogP contribution in [0.15, 0.2) is 49.1 Å². The third-order valence-electron chi connectivity index (χ3n) is 5.60. The van der Waals surface area contributed by atoms with Crippen LogP contribution < -0.4 is 5.32 Å². The molecule has 3 heterocycles. The molecule has 0 saturated carbocycles. The summed E-state index contributed by atoms with van der Waals surface area (Å²) in [4.78, 5) is 39.6. The second-order valence-electron chi connectivity index (χ2n) is 7.67. The Morgan fingerprint density at radius 3 is 2.59 bits per heavy atom. The molecule has 4 rings (SSSR count). The van der Waals surface area contributed by atoms with E-state index in [-0.39, 0.29) is 24.5 Å². The average Bonchev–Trinajstić information content (AvgIpc) is 3.18. The van der Waals surface area contributed by atoms with E-state index in [1.165, 1.54) is 13.3 Å². The maximum absolute atomic E-state index is 12.6. The molecule has 3 aromatic rings. The van der Waals surface area contributed by atoms with Crippen molar-refractivity contribution in [3.8, 4) is 22.4 Å². The number of nitrogens with one attached hydrogen (secondary N) is 1. The summed E-state index contributed by atoms with van der Waals surface area (Å²) in [6, 6.07) is 9.25. The maximum atomic E-state index is 12.6. The van der Waals surface area contributed by atoms with Crippen molar-refractivity contribution in [3.63, 3.8) is 0 Å². The Hall–Kier alpha value is -3.65. The molecule has 2 amide bonds.